The molecule has 0 radical (unpaired) electrons. The fourth-order valence-electron chi connectivity index (χ4n) is 2.62. The zero-order valence-electron chi connectivity index (χ0n) is 13.5. The number of hydrogen-bond acceptors (Lipinski definition) is 3. The topological polar surface area (TPSA) is 47.3 Å². The van der Waals surface area contributed by atoms with Crippen molar-refractivity contribution in [3.8, 4) is 0 Å². The molecule has 1 aromatic rings. The third-order valence-corrected chi connectivity index (χ3v) is 3.79. The molecule has 20 heavy (non-hydrogen) atoms. The molecule has 0 aliphatic rings. The number of hydrogen-bond donors (Lipinski definition) is 1. The van der Waals surface area contributed by atoms with Gasteiger partial charge in [-0.3, -0.25) is 4.68 Å². The van der Waals surface area contributed by atoms with E-state index in [9.17, 15) is 5.11 Å². The maximum atomic E-state index is 10.4. The molecular formula is C16H30N2O2. The number of ether oxygens (including phenoxy) is 1. The Morgan fingerprint density at radius 3 is 2.40 bits per heavy atom. The van der Waals surface area contributed by atoms with Crippen LogP contribution in [0, 0.1) is 5.92 Å². The fourth-order valence-corrected chi connectivity index (χ4v) is 2.62. The zero-order valence-corrected chi connectivity index (χ0v) is 13.5. The minimum absolute atomic E-state index is 0.127. The van der Waals surface area contributed by atoms with Gasteiger partial charge in [-0.25, -0.2) is 0 Å². The van der Waals surface area contributed by atoms with Gasteiger partial charge in [0.1, 0.15) is 0 Å². The predicted molar refractivity (Wildman–Crippen MR) is 81.8 cm³/mol. The summed E-state index contributed by atoms with van der Waals surface area (Å²) in [6.07, 6.45) is 4.10. The van der Waals surface area contributed by atoms with Crippen molar-refractivity contribution in [2.24, 2.45) is 5.92 Å². The second-order valence-electron chi connectivity index (χ2n) is 5.69. The number of aromatic nitrogens is 2. The Morgan fingerprint density at radius 2 is 1.90 bits per heavy atom. The molecule has 1 aromatic heterocycles. The van der Waals surface area contributed by atoms with Gasteiger partial charge in [0.2, 0.25) is 0 Å². The summed E-state index contributed by atoms with van der Waals surface area (Å²) in [7, 11) is 0. The Bertz CT molecular complexity index is 372. The Balaban J connectivity index is 2.67. The van der Waals surface area contributed by atoms with Crippen LogP contribution in [0.3, 0.4) is 0 Å². The Kier molecular flexibility index (Phi) is 7.24. The Labute approximate surface area is 123 Å². The van der Waals surface area contributed by atoms with Crippen LogP contribution in [-0.4, -0.2) is 33.7 Å². The molecule has 0 spiro atoms. The molecular weight excluding hydrogens is 252 g/mol. The van der Waals surface area contributed by atoms with Crippen LogP contribution in [0.25, 0.3) is 0 Å². The van der Waals surface area contributed by atoms with Gasteiger partial charge in [0.25, 0.3) is 0 Å². The molecule has 0 aromatic carbocycles. The minimum atomic E-state index is -0.500. The average molecular weight is 282 g/mol. The molecule has 0 saturated heterocycles. The highest BCUT2D eigenvalue weighted by atomic mass is 16.5. The van der Waals surface area contributed by atoms with Crippen LogP contribution in [0.4, 0.5) is 0 Å². The lowest BCUT2D eigenvalue weighted by Crippen LogP contribution is -2.35. The molecule has 2 atom stereocenters. The van der Waals surface area contributed by atoms with E-state index in [0.29, 0.717) is 25.0 Å². The molecule has 116 valence electrons. The summed E-state index contributed by atoms with van der Waals surface area (Å²) in [6.45, 7) is 11.1. The van der Waals surface area contributed by atoms with Gasteiger partial charge in [0, 0.05) is 19.2 Å². The first kappa shape index (κ1) is 17.2. The SMILES string of the molecule is CCOC(C(C)C)C(O)Cc1ccn(C(CC)CC)n1. The summed E-state index contributed by atoms with van der Waals surface area (Å²) in [4.78, 5) is 0. The van der Waals surface area contributed by atoms with Crippen molar-refractivity contribution < 1.29 is 9.84 Å². The lowest BCUT2D eigenvalue weighted by Gasteiger charge is -2.25. The van der Waals surface area contributed by atoms with Gasteiger partial charge < -0.3 is 9.84 Å². The number of rotatable bonds is 9. The lowest BCUT2D eigenvalue weighted by molar-refractivity contribution is -0.0565. The van der Waals surface area contributed by atoms with Crippen LogP contribution in [0.1, 0.15) is 59.2 Å². The Morgan fingerprint density at radius 1 is 1.25 bits per heavy atom. The van der Waals surface area contributed by atoms with Crippen LogP contribution in [-0.2, 0) is 11.2 Å². The summed E-state index contributed by atoms with van der Waals surface area (Å²) >= 11 is 0. The molecule has 0 aliphatic heterocycles. The van der Waals surface area contributed by atoms with Gasteiger partial charge in [0.15, 0.2) is 0 Å². The van der Waals surface area contributed by atoms with Crippen LogP contribution in [0.15, 0.2) is 12.3 Å². The first-order chi connectivity index (χ1) is 9.53. The van der Waals surface area contributed by atoms with Crippen LogP contribution in [0.2, 0.25) is 0 Å². The van der Waals surface area contributed by atoms with Crippen molar-refractivity contribution in [3.05, 3.63) is 18.0 Å². The van der Waals surface area contributed by atoms with Crippen molar-refractivity contribution in [1.29, 1.82) is 0 Å². The molecule has 0 aliphatic carbocycles. The largest absolute Gasteiger partial charge is 0.390 e. The van der Waals surface area contributed by atoms with Crippen LogP contribution < -0.4 is 0 Å². The standard InChI is InChI=1S/C16H30N2O2/c1-6-14(7-2)18-10-9-13(17-18)11-15(19)16(12(4)5)20-8-3/h9-10,12,14-16,19H,6-8,11H2,1-5H3. The molecule has 4 heteroatoms. The van der Waals surface area contributed by atoms with Crippen molar-refractivity contribution in [2.45, 2.75) is 72.1 Å². The normalized spacial score (nSPS) is 15.0. The summed E-state index contributed by atoms with van der Waals surface area (Å²) < 4.78 is 7.67. The number of aliphatic hydroxyl groups excluding tert-OH is 1. The van der Waals surface area contributed by atoms with E-state index in [2.05, 4.69) is 32.8 Å². The summed E-state index contributed by atoms with van der Waals surface area (Å²) in [5.41, 5.74) is 0.940. The average Bonchev–Trinajstić information content (AvgIpc) is 2.85. The van der Waals surface area contributed by atoms with E-state index in [-0.39, 0.29) is 6.10 Å². The third-order valence-electron chi connectivity index (χ3n) is 3.79. The summed E-state index contributed by atoms with van der Waals surface area (Å²) in [5, 5.41) is 14.9. The van der Waals surface area contributed by atoms with Crippen molar-refractivity contribution in [2.75, 3.05) is 6.61 Å². The van der Waals surface area contributed by atoms with Crippen molar-refractivity contribution in [3.63, 3.8) is 0 Å². The molecule has 0 amide bonds. The smallest absolute Gasteiger partial charge is 0.0860 e. The summed E-state index contributed by atoms with van der Waals surface area (Å²) in [5.74, 6) is 0.297. The van der Waals surface area contributed by atoms with E-state index in [0.717, 1.165) is 18.5 Å². The van der Waals surface area contributed by atoms with E-state index in [4.69, 9.17) is 4.74 Å². The molecule has 1 heterocycles. The Hall–Kier alpha value is -0.870. The van der Waals surface area contributed by atoms with Gasteiger partial charge >= 0.3 is 0 Å². The molecule has 2 unspecified atom stereocenters. The third kappa shape index (κ3) is 4.60. The van der Waals surface area contributed by atoms with Crippen molar-refractivity contribution in [1.82, 2.24) is 9.78 Å². The molecule has 0 saturated carbocycles. The zero-order chi connectivity index (χ0) is 15.1. The fraction of sp³-hybridized carbons (Fsp3) is 0.812. The van der Waals surface area contributed by atoms with Crippen molar-refractivity contribution >= 4 is 0 Å². The van der Waals surface area contributed by atoms with E-state index in [1.807, 2.05) is 23.9 Å². The second-order valence-corrected chi connectivity index (χ2v) is 5.69. The van der Waals surface area contributed by atoms with E-state index < -0.39 is 6.10 Å². The highest BCUT2D eigenvalue weighted by molar-refractivity contribution is 5.02. The molecule has 0 bridgehead atoms. The number of nitrogens with zero attached hydrogens (tertiary/aromatic N) is 2. The van der Waals surface area contributed by atoms with Gasteiger partial charge in [-0.1, -0.05) is 27.7 Å². The van der Waals surface area contributed by atoms with Crippen LogP contribution >= 0.6 is 0 Å². The van der Waals surface area contributed by atoms with Gasteiger partial charge in [0.05, 0.1) is 23.9 Å². The highest BCUT2D eigenvalue weighted by Crippen LogP contribution is 2.18. The molecule has 4 nitrogen and oxygen atoms in total. The predicted octanol–water partition coefficient (Wildman–Crippen LogP) is 3.21. The van der Waals surface area contributed by atoms with Gasteiger partial charge in [-0.05, 0) is 31.7 Å². The minimum Gasteiger partial charge on any atom is -0.390 e. The monoisotopic (exact) mass is 282 g/mol. The molecule has 0 fully saturated rings. The lowest BCUT2D eigenvalue weighted by atomic mass is 9.98. The van der Waals surface area contributed by atoms with E-state index >= 15 is 0 Å². The first-order valence-electron chi connectivity index (χ1n) is 7.87. The van der Waals surface area contributed by atoms with E-state index in [1.165, 1.54) is 0 Å². The van der Waals surface area contributed by atoms with Crippen LogP contribution in [0.5, 0.6) is 0 Å². The maximum Gasteiger partial charge on any atom is 0.0860 e. The quantitative estimate of drug-likeness (QED) is 0.756. The van der Waals surface area contributed by atoms with E-state index in [1.54, 1.807) is 0 Å². The molecule has 1 rings (SSSR count). The first-order valence-corrected chi connectivity index (χ1v) is 7.87. The van der Waals surface area contributed by atoms with Gasteiger partial charge in [-0.2, -0.15) is 5.10 Å². The maximum absolute atomic E-state index is 10.4. The highest BCUT2D eigenvalue weighted by Gasteiger charge is 2.24. The molecule has 1 N–H and O–H groups in total. The summed E-state index contributed by atoms with van der Waals surface area (Å²) in [6, 6.07) is 2.46. The second kappa shape index (κ2) is 8.42. The van der Waals surface area contributed by atoms with Gasteiger partial charge in [-0.15, -0.1) is 0 Å². The number of aliphatic hydroxyl groups is 1.